The number of phenols is 2. The van der Waals surface area contributed by atoms with Gasteiger partial charge in [0.15, 0.2) is 5.75 Å². The Kier molecular flexibility index (Phi) is 16.9. The number of carbonyl (C=O) groups is 4. The highest BCUT2D eigenvalue weighted by Crippen LogP contribution is 2.51. The molecule has 6 aliphatic rings. The second kappa shape index (κ2) is 22.4. The molecule has 18 heteroatoms. The molecule has 1 spiro atoms. The van der Waals surface area contributed by atoms with E-state index in [1.807, 2.05) is 7.05 Å². The van der Waals surface area contributed by atoms with Gasteiger partial charge in [-0.3, -0.25) is 24.2 Å². The summed E-state index contributed by atoms with van der Waals surface area (Å²) in [5, 5.41) is 51.2. The molecule has 73 heavy (non-hydrogen) atoms. The van der Waals surface area contributed by atoms with Gasteiger partial charge >= 0.3 is 17.7 Å². The van der Waals surface area contributed by atoms with Crippen molar-refractivity contribution in [1.29, 1.82) is 0 Å². The van der Waals surface area contributed by atoms with Crippen LogP contribution in [0.1, 0.15) is 96.5 Å². The minimum absolute atomic E-state index is 0.0295. The van der Waals surface area contributed by atoms with Crippen LogP contribution in [-0.4, -0.2) is 143 Å². The van der Waals surface area contributed by atoms with E-state index in [9.17, 15) is 34.8 Å². The SMILES string of the molecule is C=C[C@@]12O/C=C/[C@H](OC)[C@@H](C)[C@@H](OC(=O)CC(=O)OCC3CCN(C)CC3)[C@H](C)[C@H](O)[C@H](C)[C@@H](O)[C@@H](C)/C=C/C=C(/C)C(=O)N=c3c(O)c4c(O)c(C)c(c(c4c4c3=NC3(CCN(CC(C)C)CC3)N4)C1=O)O2. The molecule has 5 N–H and O–H groups in total. The number of esters is 2. The summed E-state index contributed by atoms with van der Waals surface area (Å²) in [6.07, 6.45) is 6.37. The molecular weight excluding hydrogens is 939 g/mol. The number of aliphatic hydroxyl groups is 2. The highest BCUT2D eigenvalue weighted by atomic mass is 16.7. The molecule has 2 fully saturated rings. The van der Waals surface area contributed by atoms with E-state index < -0.39 is 101 Å². The van der Waals surface area contributed by atoms with Crippen molar-refractivity contribution >= 4 is 40.1 Å². The van der Waals surface area contributed by atoms with Gasteiger partial charge in [-0.05, 0) is 64.7 Å². The molecule has 2 saturated heterocycles. The second-order valence-electron chi connectivity index (χ2n) is 21.4. The number of hydrogen-bond donors (Lipinski definition) is 5. The number of fused-ring (bicyclic) bond motifs is 13. The molecule has 398 valence electrons. The maximum atomic E-state index is 15.1. The number of aliphatic hydroxyl groups excluding tert-OH is 2. The van der Waals surface area contributed by atoms with Crippen molar-refractivity contribution < 1.29 is 63.3 Å². The van der Waals surface area contributed by atoms with Gasteiger partial charge in [0.1, 0.15) is 40.4 Å². The molecule has 0 aromatic heterocycles. The molecular formula is C55H75N5O13. The maximum Gasteiger partial charge on any atom is 0.336 e. The monoisotopic (exact) mass is 1010 g/mol. The Morgan fingerprint density at radius 3 is 2.27 bits per heavy atom. The Bertz CT molecular complexity index is 2680. The largest absolute Gasteiger partial charge is 0.507 e. The molecule has 2 aromatic carbocycles. The number of aromatic hydroxyl groups is 2. The Balaban J connectivity index is 1.30. The molecule has 0 unspecified atom stereocenters. The number of hydrogen-bond acceptors (Lipinski definition) is 17. The predicted molar refractivity (Wildman–Crippen MR) is 272 cm³/mol. The summed E-state index contributed by atoms with van der Waals surface area (Å²) < 4.78 is 30.1. The number of ketones is 1. The summed E-state index contributed by atoms with van der Waals surface area (Å²) in [7, 11) is 3.46. The first-order chi connectivity index (χ1) is 34.5. The summed E-state index contributed by atoms with van der Waals surface area (Å²) in [6.45, 7) is 22.3. The summed E-state index contributed by atoms with van der Waals surface area (Å²) in [4.78, 5) is 69.9. The lowest BCUT2D eigenvalue weighted by Gasteiger charge is -2.38. The van der Waals surface area contributed by atoms with E-state index in [1.165, 1.54) is 38.5 Å². The number of phenolic OH excluding ortho intramolecular Hbond substituents is 2. The molecule has 1 amide bonds. The van der Waals surface area contributed by atoms with Gasteiger partial charge in [-0.15, -0.1) is 0 Å². The molecule has 18 nitrogen and oxygen atoms in total. The van der Waals surface area contributed by atoms with Crippen molar-refractivity contribution in [2.75, 3.05) is 58.8 Å². The third-order valence-electron chi connectivity index (χ3n) is 15.6. The Morgan fingerprint density at radius 1 is 0.945 bits per heavy atom. The van der Waals surface area contributed by atoms with Gasteiger partial charge in [-0.2, -0.15) is 0 Å². The van der Waals surface area contributed by atoms with E-state index in [4.69, 9.17) is 28.7 Å². The van der Waals surface area contributed by atoms with Gasteiger partial charge in [-0.1, -0.05) is 66.3 Å². The number of amides is 1. The van der Waals surface area contributed by atoms with Crippen LogP contribution in [0.2, 0.25) is 0 Å². The second-order valence-corrected chi connectivity index (χ2v) is 21.4. The van der Waals surface area contributed by atoms with E-state index in [2.05, 4.69) is 40.5 Å². The summed E-state index contributed by atoms with van der Waals surface area (Å²) >= 11 is 0. The van der Waals surface area contributed by atoms with E-state index >= 15 is 4.79 Å². The van der Waals surface area contributed by atoms with Crippen molar-refractivity contribution in [3.63, 3.8) is 0 Å². The number of anilines is 1. The standard InChI is InChI=1S/C55H75N5O13/c1-12-55-52(67)42-40-41(48(65)35(9)51(42)73-55)49(66)45(44-43(40)57-54(58-44)19-23-60(24-20-54)27-29(2)3)56-53(68)31(5)15-13-14-30(4)46(63)33(7)47(64)34(8)50(32(6)37(69-11)18-25-71-55)72-39(62)26-38(61)70-28-36-16-21-59(10)22-17-36/h12-15,18,25,29-30,32-34,36-37,46-47,50,57,63-66H,1,16-17,19-24,26-28H2,2-11H3/b14-13+,25-18+,31-15-,56-45?/t30-,32+,33+,34+,37-,46-,47+,50+,55-/m0/s1. The molecule has 2 aromatic rings. The Labute approximate surface area is 427 Å². The number of allylic oxidation sites excluding steroid dienone is 2. The van der Waals surface area contributed by atoms with E-state index in [0.717, 1.165) is 32.5 Å². The van der Waals surface area contributed by atoms with Crippen LogP contribution in [0, 0.1) is 42.4 Å². The predicted octanol–water partition coefficient (Wildman–Crippen LogP) is 5.17. The first-order valence-electron chi connectivity index (χ1n) is 25.6. The van der Waals surface area contributed by atoms with Crippen molar-refractivity contribution in [3.8, 4) is 17.2 Å². The first kappa shape index (κ1) is 55.1. The van der Waals surface area contributed by atoms with E-state index in [0.29, 0.717) is 31.8 Å². The normalized spacial score (nSPS) is 30.9. The zero-order chi connectivity index (χ0) is 53.3. The van der Waals surface area contributed by atoms with E-state index in [-0.39, 0.29) is 62.1 Å². The molecule has 6 aliphatic heterocycles. The number of methoxy groups -OCH3 is 1. The number of ether oxygens (including phenoxy) is 5. The van der Waals surface area contributed by atoms with Gasteiger partial charge in [0.2, 0.25) is 0 Å². The fraction of sp³-hybridized carbons (Fsp3) is 0.600. The first-order valence-corrected chi connectivity index (χ1v) is 25.6. The third-order valence-corrected chi connectivity index (χ3v) is 15.6. The number of carbonyl (C=O) groups excluding carboxylic acids is 4. The Hall–Kier alpha value is -5.66. The summed E-state index contributed by atoms with van der Waals surface area (Å²) in [5.74, 6) is -8.63. The smallest absolute Gasteiger partial charge is 0.336 e. The molecule has 8 rings (SSSR count). The number of Topliss-reactive ketones (excluding diaryl/α,β-unsaturated/α-hetero) is 1. The van der Waals surface area contributed by atoms with Crippen LogP contribution >= 0.6 is 0 Å². The van der Waals surface area contributed by atoms with Gasteiger partial charge < -0.3 is 59.2 Å². The van der Waals surface area contributed by atoms with Crippen LogP contribution in [0.15, 0.2) is 58.8 Å². The lowest BCUT2D eigenvalue weighted by molar-refractivity contribution is -0.168. The molecule has 5 bridgehead atoms. The van der Waals surface area contributed by atoms with Crippen LogP contribution in [0.5, 0.6) is 17.2 Å². The number of likely N-dealkylation sites (tertiary alicyclic amines) is 2. The number of piperidine rings is 2. The fourth-order valence-electron chi connectivity index (χ4n) is 10.9. The van der Waals surface area contributed by atoms with E-state index in [1.54, 1.807) is 46.8 Å². The lowest BCUT2D eigenvalue weighted by Crippen LogP contribution is -2.47. The highest BCUT2D eigenvalue weighted by Gasteiger charge is 2.52. The molecule has 9 atom stereocenters. The fourth-order valence-corrected chi connectivity index (χ4v) is 10.9. The number of benzene rings is 2. The van der Waals surface area contributed by atoms with Gasteiger partial charge in [0.05, 0.1) is 47.8 Å². The van der Waals surface area contributed by atoms with Crippen LogP contribution in [0.3, 0.4) is 0 Å². The molecule has 0 radical (unpaired) electrons. The zero-order valence-corrected chi connectivity index (χ0v) is 44.0. The van der Waals surface area contributed by atoms with Crippen molar-refractivity contribution in [1.82, 2.24) is 9.80 Å². The highest BCUT2D eigenvalue weighted by molar-refractivity contribution is 6.22. The van der Waals surface area contributed by atoms with Crippen LogP contribution in [0.4, 0.5) is 5.69 Å². The minimum Gasteiger partial charge on any atom is -0.507 e. The Morgan fingerprint density at radius 2 is 1.63 bits per heavy atom. The molecule has 0 aliphatic carbocycles. The summed E-state index contributed by atoms with van der Waals surface area (Å²) in [5.41, 5.74) is -0.397. The van der Waals surface area contributed by atoms with Gasteiger partial charge in [0, 0.05) is 85.9 Å². The average Bonchev–Trinajstić information content (AvgIpc) is 3.88. The lowest BCUT2D eigenvalue weighted by atomic mass is 9.78. The van der Waals surface area contributed by atoms with Crippen LogP contribution in [0.25, 0.3) is 10.8 Å². The quantitative estimate of drug-likeness (QED) is 0.0943. The van der Waals surface area contributed by atoms with Gasteiger partial charge in [0.25, 0.3) is 11.7 Å². The van der Waals surface area contributed by atoms with Crippen molar-refractivity contribution in [2.45, 2.75) is 123 Å². The van der Waals surface area contributed by atoms with Crippen molar-refractivity contribution in [3.05, 3.63) is 70.6 Å². The van der Waals surface area contributed by atoms with Crippen LogP contribution in [-0.2, 0) is 33.3 Å². The van der Waals surface area contributed by atoms with Crippen molar-refractivity contribution in [2.24, 2.45) is 45.5 Å². The zero-order valence-electron chi connectivity index (χ0n) is 44.0. The maximum absolute atomic E-state index is 15.1. The molecule has 6 heterocycles. The third kappa shape index (κ3) is 11.2. The van der Waals surface area contributed by atoms with Crippen LogP contribution < -0.4 is 20.8 Å². The van der Waals surface area contributed by atoms with Gasteiger partial charge in [-0.25, -0.2) is 4.99 Å². The number of nitrogens with zero attached hydrogens (tertiary/aromatic N) is 4. The minimum atomic E-state index is -2.21. The average molecular weight is 1010 g/mol. The summed E-state index contributed by atoms with van der Waals surface area (Å²) in [6, 6.07) is 0. The number of rotatable bonds is 9. The molecule has 0 saturated carbocycles. The number of nitrogens with one attached hydrogen (secondary N) is 1. The topological polar surface area (TPSA) is 239 Å².